The standard InChI is InChI=1S/C17H22N2O4/c1-12-3-8-16(23-12)15(20)11-19-17(21)18-10-9-13-4-6-14(22-2)7-5-13/h3-8,15,20H,9-11H2,1-2H3,(H2,18,19,21). The Labute approximate surface area is 135 Å². The molecule has 124 valence electrons. The summed E-state index contributed by atoms with van der Waals surface area (Å²) in [5, 5.41) is 15.3. The van der Waals surface area contributed by atoms with Crippen molar-refractivity contribution in [2.45, 2.75) is 19.4 Å². The quantitative estimate of drug-likeness (QED) is 0.730. The van der Waals surface area contributed by atoms with Gasteiger partial charge in [-0.05, 0) is 43.2 Å². The third-order valence-corrected chi connectivity index (χ3v) is 3.40. The number of carbonyl (C=O) groups excluding carboxylic acids is 1. The summed E-state index contributed by atoms with van der Waals surface area (Å²) < 4.78 is 10.4. The molecule has 3 N–H and O–H groups in total. The zero-order valence-electron chi connectivity index (χ0n) is 13.3. The van der Waals surface area contributed by atoms with Crippen LogP contribution in [-0.2, 0) is 6.42 Å². The lowest BCUT2D eigenvalue weighted by Crippen LogP contribution is -2.38. The molecule has 0 aliphatic heterocycles. The average molecular weight is 318 g/mol. The van der Waals surface area contributed by atoms with Gasteiger partial charge in [0.05, 0.1) is 13.7 Å². The third-order valence-electron chi connectivity index (χ3n) is 3.40. The fourth-order valence-corrected chi connectivity index (χ4v) is 2.10. The molecule has 0 fully saturated rings. The van der Waals surface area contributed by atoms with Gasteiger partial charge in [-0.1, -0.05) is 12.1 Å². The molecule has 0 spiro atoms. The van der Waals surface area contributed by atoms with Gasteiger partial charge in [0.2, 0.25) is 0 Å². The van der Waals surface area contributed by atoms with E-state index in [9.17, 15) is 9.90 Å². The van der Waals surface area contributed by atoms with Gasteiger partial charge in [0.1, 0.15) is 23.4 Å². The lowest BCUT2D eigenvalue weighted by Gasteiger charge is -2.11. The Balaban J connectivity index is 1.66. The first kappa shape index (κ1) is 16.9. The van der Waals surface area contributed by atoms with Crippen molar-refractivity contribution in [2.24, 2.45) is 0 Å². The summed E-state index contributed by atoms with van der Waals surface area (Å²) in [6, 6.07) is 10.8. The highest BCUT2D eigenvalue weighted by Gasteiger charge is 2.12. The number of urea groups is 1. The average Bonchev–Trinajstić information content (AvgIpc) is 3.00. The van der Waals surface area contributed by atoms with Crippen molar-refractivity contribution < 1.29 is 19.1 Å². The van der Waals surface area contributed by atoms with Crippen LogP contribution in [0.1, 0.15) is 23.2 Å². The molecule has 6 nitrogen and oxygen atoms in total. The summed E-state index contributed by atoms with van der Waals surface area (Å²) in [5.41, 5.74) is 1.11. The summed E-state index contributed by atoms with van der Waals surface area (Å²) in [6.07, 6.45) is -0.131. The van der Waals surface area contributed by atoms with E-state index in [1.54, 1.807) is 26.2 Å². The molecule has 0 saturated carbocycles. The van der Waals surface area contributed by atoms with Crippen LogP contribution in [0.3, 0.4) is 0 Å². The molecule has 1 unspecified atom stereocenters. The number of aliphatic hydroxyl groups excluding tert-OH is 1. The maximum Gasteiger partial charge on any atom is 0.314 e. The maximum atomic E-state index is 11.7. The van der Waals surface area contributed by atoms with Crippen molar-refractivity contribution >= 4 is 6.03 Å². The van der Waals surface area contributed by atoms with E-state index in [4.69, 9.17) is 9.15 Å². The maximum absolute atomic E-state index is 11.7. The van der Waals surface area contributed by atoms with Crippen LogP contribution >= 0.6 is 0 Å². The minimum Gasteiger partial charge on any atom is -0.497 e. The molecule has 1 aromatic carbocycles. The number of hydrogen-bond donors (Lipinski definition) is 3. The van der Waals surface area contributed by atoms with Crippen molar-refractivity contribution in [1.82, 2.24) is 10.6 Å². The van der Waals surface area contributed by atoms with Gasteiger partial charge in [0, 0.05) is 6.54 Å². The molecule has 2 rings (SSSR count). The van der Waals surface area contributed by atoms with E-state index in [1.165, 1.54) is 0 Å². The van der Waals surface area contributed by atoms with Gasteiger partial charge in [0.25, 0.3) is 0 Å². The van der Waals surface area contributed by atoms with Gasteiger partial charge in [0.15, 0.2) is 0 Å². The van der Waals surface area contributed by atoms with E-state index in [1.807, 2.05) is 24.3 Å². The fraction of sp³-hybridized carbons (Fsp3) is 0.353. The molecule has 2 aromatic rings. The minimum atomic E-state index is -0.851. The van der Waals surface area contributed by atoms with Gasteiger partial charge >= 0.3 is 6.03 Å². The molecule has 0 aliphatic carbocycles. The summed E-state index contributed by atoms with van der Waals surface area (Å²) in [7, 11) is 1.62. The molecule has 23 heavy (non-hydrogen) atoms. The number of ether oxygens (including phenoxy) is 1. The largest absolute Gasteiger partial charge is 0.497 e. The second kappa shape index (κ2) is 8.24. The summed E-state index contributed by atoms with van der Waals surface area (Å²) >= 11 is 0. The Hall–Kier alpha value is -2.47. The van der Waals surface area contributed by atoms with E-state index in [-0.39, 0.29) is 12.6 Å². The van der Waals surface area contributed by atoms with E-state index in [0.29, 0.717) is 12.3 Å². The minimum absolute atomic E-state index is 0.0985. The van der Waals surface area contributed by atoms with Crippen molar-refractivity contribution in [3.05, 3.63) is 53.5 Å². The van der Waals surface area contributed by atoms with Crippen molar-refractivity contribution in [3.8, 4) is 5.75 Å². The van der Waals surface area contributed by atoms with Crippen LogP contribution in [0.4, 0.5) is 4.79 Å². The number of benzene rings is 1. The van der Waals surface area contributed by atoms with Gasteiger partial charge in [-0.25, -0.2) is 4.79 Å². The number of aliphatic hydroxyl groups is 1. The fourth-order valence-electron chi connectivity index (χ4n) is 2.10. The SMILES string of the molecule is COc1ccc(CCNC(=O)NCC(O)c2ccc(C)o2)cc1. The van der Waals surface area contributed by atoms with Crippen LogP contribution in [-0.4, -0.2) is 31.3 Å². The highest BCUT2D eigenvalue weighted by molar-refractivity contribution is 5.73. The molecule has 6 heteroatoms. The van der Waals surface area contributed by atoms with Crippen LogP contribution in [0.5, 0.6) is 5.75 Å². The highest BCUT2D eigenvalue weighted by atomic mass is 16.5. The first-order valence-electron chi connectivity index (χ1n) is 7.47. The second-order valence-corrected chi connectivity index (χ2v) is 5.20. The molecular weight excluding hydrogens is 296 g/mol. The molecule has 1 aromatic heterocycles. The van der Waals surface area contributed by atoms with Crippen molar-refractivity contribution in [2.75, 3.05) is 20.2 Å². The number of carbonyl (C=O) groups is 1. The molecule has 0 saturated heterocycles. The number of methoxy groups -OCH3 is 1. The number of amides is 2. The highest BCUT2D eigenvalue weighted by Crippen LogP contribution is 2.15. The van der Waals surface area contributed by atoms with Crippen molar-refractivity contribution in [1.29, 1.82) is 0 Å². The summed E-state index contributed by atoms with van der Waals surface area (Å²) in [6.45, 7) is 2.41. The number of furan rings is 1. The normalized spacial score (nSPS) is 11.8. The Bertz CT molecular complexity index is 622. The predicted octanol–water partition coefficient (Wildman–Crippen LogP) is 2.17. The predicted molar refractivity (Wildman–Crippen MR) is 86.5 cm³/mol. The molecule has 0 aliphatic rings. The zero-order chi connectivity index (χ0) is 16.7. The third kappa shape index (κ3) is 5.34. The monoisotopic (exact) mass is 318 g/mol. The van der Waals surface area contributed by atoms with Crippen LogP contribution < -0.4 is 15.4 Å². The molecule has 2 amide bonds. The second-order valence-electron chi connectivity index (χ2n) is 5.20. The van der Waals surface area contributed by atoms with Crippen LogP contribution in [0.25, 0.3) is 0 Å². The molecule has 1 heterocycles. The first-order valence-corrected chi connectivity index (χ1v) is 7.47. The zero-order valence-corrected chi connectivity index (χ0v) is 13.3. The van der Waals surface area contributed by atoms with Crippen LogP contribution in [0.2, 0.25) is 0 Å². The van der Waals surface area contributed by atoms with E-state index < -0.39 is 6.10 Å². The number of rotatable bonds is 7. The Morgan fingerprint density at radius 3 is 2.57 bits per heavy atom. The smallest absolute Gasteiger partial charge is 0.314 e. The number of nitrogens with one attached hydrogen (secondary N) is 2. The number of hydrogen-bond acceptors (Lipinski definition) is 4. The van der Waals surface area contributed by atoms with Gasteiger partial charge in [-0.15, -0.1) is 0 Å². The lowest BCUT2D eigenvalue weighted by molar-refractivity contribution is 0.146. The Morgan fingerprint density at radius 2 is 1.96 bits per heavy atom. The summed E-state index contributed by atoms with van der Waals surface area (Å²) in [5.74, 6) is 1.98. The van der Waals surface area contributed by atoms with Gasteiger partial charge in [-0.3, -0.25) is 0 Å². The number of aryl methyl sites for hydroxylation is 1. The molecule has 1 atom stereocenters. The van der Waals surface area contributed by atoms with Gasteiger partial charge in [-0.2, -0.15) is 0 Å². The Morgan fingerprint density at radius 1 is 1.22 bits per heavy atom. The molecular formula is C17H22N2O4. The van der Waals surface area contributed by atoms with Crippen LogP contribution in [0.15, 0.2) is 40.8 Å². The Kier molecular flexibility index (Phi) is 6.05. The van der Waals surface area contributed by atoms with E-state index in [0.717, 1.165) is 23.5 Å². The lowest BCUT2D eigenvalue weighted by atomic mass is 10.1. The topological polar surface area (TPSA) is 83.7 Å². The summed E-state index contributed by atoms with van der Waals surface area (Å²) in [4.78, 5) is 11.7. The molecule has 0 radical (unpaired) electrons. The molecule has 0 bridgehead atoms. The van der Waals surface area contributed by atoms with E-state index >= 15 is 0 Å². The van der Waals surface area contributed by atoms with Crippen molar-refractivity contribution in [3.63, 3.8) is 0 Å². The van der Waals surface area contributed by atoms with Gasteiger partial charge < -0.3 is 24.9 Å². The van der Waals surface area contributed by atoms with E-state index in [2.05, 4.69) is 10.6 Å². The first-order chi connectivity index (χ1) is 11.1. The van der Waals surface area contributed by atoms with Crippen LogP contribution in [0, 0.1) is 6.92 Å².